The predicted molar refractivity (Wildman–Crippen MR) is 104 cm³/mol. The second-order valence-electron chi connectivity index (χ2n) is 7.83. The van der Waals surface area contributed by atoms with E-state index in [-0.39, 0.29) is 5.91 Å². The molecule has 1 saturated carbocycles. The number of hydrogen-bond donors (Lipinski definition) is 1. The van der Waals surface area contributed by atoms with Crippen molar-refractivity contribution in [1.29, 1.82) is 0 Å². The van der Waals surface area contributed by atoms with Crippen LogP contribution in [-0.4, -0.2) is 19.0 Å². The number of esters is 1. The van der Waals surface area contributed by atoms with Crippen LogP contribution < -0.4 is 5.32 Å². The van der Waals surface area contributed by atoms with Gasteiger partial charge in [-0.1, -0.05) is 62.4 Å². The topological polar surface area (TPSA) is 55.4 Å². The molecule has 1 fully saturated rings. The van der Waals surface area contributed by atoms with Gasteiger partial charge in [-0.05, 0) is 36.5 Å². The lowest BCUT2D eigenvalue weighted by molar-refractivity contribution is -0.123. The molecule has 0 heterocycles. The molecule has 1 amide bonds. The van der Waals surface area contributed by atoms with E-state index in [2.05, 4.69) is 21.2 Å². The minimum Gasteiger partial charge on any atom is -0.465 e. The van der Waals surface area contributed by atoms with Gasteiger partial charge in [-0.3, -0.25) is 4.79 Å². The molecule has 0 aliphatic heterocycles. The van der Waals surface area contributed by atoms with Crippen LogP contribution in [0.3, 0.4) is 0 Å². The SMILES string of the molecule is COC(=O)c1c(NC(=O)C(C)(C)C)ccc(Br)c1CCC1CCCC1. The summed E-state index contributed by atoms with van der Waals surface area (Å²) in [6, 6.07) is 3.66. The van der Waals surface area contributed by atoms with Crippen molar-refractivity contribution >= 4 is 33.5 Å². The molecule has 0 aromatic heterocycles. The van der Waals surface area contributed by atoms with Crippen LogP contribution >= 0.6 is 15.9 Å². The molecule has 2 rings (SSSR count). The Balaban J connectivity index is 2.33. The lowest BCUT2D eigenvalue weighted by Crippen LogP contribution is -2.28. The molecule has 0 unspecified atom stereocenters. The van der Waals surface area contributed by atoms with Gasteiger partial charge < -0.3 is 10.1 Å². The number of nitrogens with one attached hydrogen (secondary N) is 1. The van der Waals surface area contributed by atoms with Gasteiger partial charge in [-0.25, -0.2) is 4.79 Å². The summed E-state index contributed by atoms with van der Waals surface area (Å²) in [6.07, 6.45) is 7.00. The number of methoxy groups -OCH3 is 1. The molecule has 1 aromatic rings. The molecule has 0 saturated heterocycles. The second-order valence-corrected chi connectivity index (χ2v) is 8.69. The van der Waals surface area contributed by atoms with Gasteiger partial charge in [0.2, 0.25) is 5.91 Å². The Labute approximate surface area is 158 Å². The maximum Gasteiger partial charge on any atom is 0.340 e. The van der Waals surface area contributed by atoms with Crippen LogP contribution in [0, 0.1) is 11.3 Å². The molecule has 0 radical (unpaired) electrons. The monoisotopic (exact) mass is 409 g/mol. The van der Waals surface area contributed by atoms with E-state index in [0.29, 0.717) is 11.3 Å². The average molecular weight is 410 g/mol. The van der Waals surface area contributed by atoms with Crippen molar-refractivity contribution in [1.82, 2.24) is 0 Å². The standard InChI is InChI=1S/C20H28BrNO3/c1-20(2,3)19(24)22-16-12-11-15(21)14(17(16)18(23)25-4)10-9-13-7-5-6-8-13/h11-13H,5-10H2,1-4H3,(H,22,24). The Bertz CT molecular complexity index is 643. The second kappa shape index (κ2) is 8.35. The Morgan fingerprint density at radius 1 is 1.24 bits per heavy atom. The van der Waals surface area contributed by atoms with Gasteiger partial charge in [-0.15, -0.1) is 0 Å². The number of amides is 1. The Kier molecular flexibility index (Phi) is 6.66. The highest BCUT2D eigenvalue weighted by Crippen LogP contribution is 2.34. The number of ether oxygens (including phenoxy) is 1. The fourth-order valence-corrected chi connectivity index (χ4v) is 3.79. The van der Waals surface area contributed by atoms with E-state index in [4.69, 9.17) is 4.74 Å². The van der Waals surface area contributed by atoms with Crippen LogP contribution in [-0.2, 0) is 16.0 Å². The maximum atomic E-state index is 12.4. The first-order valence-electron chi connectivity index (χ1n) is 8.95. The van der Waals surface area contributed by atoms with E-state index >= 15 is 0 Å². The van der Waals surface area contributed by atoms with Gasteiger partial charge in [0, 0.05) is 9.89 Å². The first-order chi connectivity index (χ1) is 11.7. The molecule has 1 N–H and O–H groups in total. The van der Waals surface area contributed by atoms with Crippen molar-refractivity contribution < 1.29 is 14.3 Å². The van der Waals surface area contributed by atoms with Crippen molar-refractivity contribution in [3.8, 4) is 0 Å². The molecule has 25 heavy (non-hydrogen) atoms. The summed E-state index contributed by atoms with van der Waals surface area (Å²) in [5, 5.41) is 2.90. The number of carbonyl (C=O) groups is 2. The zero-order chi connectivity index (χ0) is 18.6. The molecule has 1 aliphatic carbocycles. The fourth-order valence-electron chi connectivity index (χ4n) is 3.26. The summed E-state index contributed by atoms with van der Waals surface area (Å²) in [6.45, 7) is 5.54. The number of carbonyl (C=O) groups excluding carboxylic acids is 2. The summed E-state index contributed by atoms with van der Waals surface area (Å²) in [5.41, 5.74) is 1.37. The van der Waals surface area contributed by atoms with E-state index in [9.17, 15) is 9.59 Å². The third-order valence-corrected chi connectivity index (χ3v) is 5.59. The normalized spacial score (nSPS) is 15.2. The zero-order valence-corrected chi connectivity index (χ0v) is 17.2. The largest absolute Gasteiger partial charge is 0.465 e. The molecular weight excluding hydrogens is 382 g/mol. The van der Waals surface area contributed by atoms with E-state index in [1.165, 1.54) is 32.8 Å². The maximum absolute atomic E-state index is 12.4. The van der Waals surface area contributed by atoms with E-state index in [1.807, 2.05) is 26.8 Å². The minimum atomic E-state index is -0.537. The highest BCUT2D eigenvalue weighted by molar-refractivity contribution is 9.10. The smallest absolute Gasteiger partial charge is 0.340 e. The molecule has 1 aromatic carbocycles. The van der Waals surface area contributed by atoms with Crippen LogP contribution in [0.15, 0.2) is 16.6 Å². The number of halogens is 1. The highest BCUT2D eigenvalue weighted by atomic mass is 79.9. The first kappa shape index (κ1) is 20.0. The van der Waals surface area contributed by atoms with Crippen molar-refractivity contribution in [3.63, 3.8) is 0 Å². The van der Waals surface area contributed by atoms with Gasteiger partial charge in [0.15, 0.2) is 0 Å². The predicted octanol–water partition coefficient (Wildman–Crippen LogP) is 5.34. The fraction of sp³-hybridized carbons (Fsp3) is 0.600. The van der Waals surface area contributed by atoms with E-state index in [0.717, 1.165) is 28.8 Å². The number of hydrogen-bond acceptors (Lipinski definition) is 3. The summed E-state index contributed by atoms with van der Waals surface area (Å²) in [4.78, 5) is 24.8. The average Bonchev–Trinajstić information content (AvgIpc) is 3.06. The Hall–Kier alpha value is -1.36. The van der Waals surface area contributed by atoms with Crippen molar-refractivity contribution in [2.24, 2.45) is 11.3 Å². The van der Waals surface area contributed by atoms with Crippen molar-refractivity contribution in [3.05, 3.63) is 27.7 Å². The first-order valence-corrected chi connectivity index (χ1v) is 9.74. The van der Waals surface area contributed by atoms with Gasteiger partial charge in [0.25, 0.3) is 0 Å². The molecule has 1 aliphatic rings. The lowest BCUT2D eigenvalue weighted by Gasteiger charge is -2.21. The van der Waals surface area contributed by atoms with Crippen LogP contribution in [0.1, 0.15) is 68.8 Å². The quantitative estimate of drug-likeness (QED) is 0.667. The number of anilines is 1. The molecule has 0 atom stereocenters. The van der Waals surface area contributed by atoms with Crippen LogP contribution in [0.5, 0.6) is 0 Å². The van der Waals surface area contributed by atoms with Gasteiger partial charge >= 0.3 is 5.97 Å². The Morgan fingerprint density at radius 3 is 2.44 bits per heavy atom. The molecular formula is C20H28BrNO3. The number of benzene rings is 1. The van der Waals surface area contributed by atoms with Gasteiger partial charge in [0.1, 0.15) is 0 Å². The highest BCUT2D eigenvalue weighted by Gasteiger charge is 2.26. The summed E-state index contributed by atoms with van der Waals surface area (Å²) in [5.74, 6) is 0.193. The lowest BCUT2D eigenvalue weighted by atomic mass is 9.93. The third-order valence-electron chi connectivity index (χ3n) is 4.85. The van der Waals surface area contributed by atoms with E-state index < -0.39 is 11.4 Å². The molecule has 138 valence electrons. The third kappa shape index (κ3) is 5.06. The van der Waals surface area contributed by atoms with Gasteiger partial charge in [0.05, 0.1) is 18.4 Å². The van der Waals surface area contributed by atoms with E-state index in [1.54, 1.807) is 6.07 Å². The Morgan fingerprint density at radius 2 is 1.88 bits per heavy atom. The number of rotatable bonds is 5. The van der Waals surface area contributed by atoms with Crippen LogP contribution in [0.2, 0.25) is 0 Å². The molecule has 4 nitrogen and oxygen atoms in total. The summed E-state index contributed by atoms with van der Waals surface area (Å²) < 4.78 is 5.89. The van der Waals surface area contributed by atoms with Crippen LogP contribution in [0.4, 0.5) is 5.69 Å². The van der Waals surface area contributed by atoms with Crippen molar-refractivity contribution in [2.75, 3.05) is 12.4 Å². The van der Waals surface area contributed by atoms with Crippen LogP contribution in [0.25, 0.3) is 0 Å². The van der Waals surface area contributed by atoms with Crippen molar-refractivity contribution in [2.45, 2.75) is 59.3 Å². The summed E-state index contributed by atoms with van der Waals surface area (Å²) >= 11 is 3.57. The van der Waals surface area contributed by atoms with Gasteiger partial charge in [-0.2, -0.15) is 0 Å². The molecule has 0 spiro atoms. The summed E-state index contributed by atoms with van der Waals surface area (Å²) in [7, 11) is 1.37. The molecule has 5 heteroatoms. The minimum absolute atomic E-state index is 0.123. The zero-order valence-electron chi connectivity index (χ0n) is 15.6. The molecule has 0 bridgehead atoms.